The van der Waals surface area contributed by atoms with Crippen molar-refractivity contribution in [2.75, 3.05) is 0 Å². The van der Waals surface area contributed by atoms with Crippen molar-refractivity contribution in [1.82, 2.24) is 0 Å². The van der Waals surface area contributed by atoms with E-state index in [1.807, 2.05) is 0 Å². The minimum absolute atomic E-state index is 0.0970. The summed E-state index contributed by atoms with van der Waals surface area (Å²) in [4.78, 5) is 20.2. The number of ketones is 2. The van der Waals surface area contributed by atoms with Crippen LogP contribution < -0.4 is 0 Å². The zero-order valence-corrected chi connectivity index (χ0v) is 4.97. The number of hydrogen-bond acceptors (Lipinski definition) is 2. The molecule has 0 atom stereocenters. The highest BCUT2D eigenvalue weighted by Gasteiger charge is 1.83. The zero-order valence-electron chi connectivity index (χ0n) is 4.97. The second-order valence-corrected chi connectivity index (χ2v) is 1.55. The van der Waals surface area contributed by atoms with Crippen LogP contribution in [0.5, 0.6) is 0 Å². The fourth-order valence-corrected chi connectivity index (χ4v) is 0.235. The van der Waals surface area contributed by atoms with Crippen LogP contribution in [0.15, 0.2) is 12.2 Å². The van der Waals surface area contributed by atoms with E-state index in [1.165, 1.54) is 26.0 Å². The van der Waals surface area contributed by atoms with E-state index in [-0.39, 0.29) is 11.6 Å². The molecule has 0 aromatic heterocycles. The van der Waals surface area contributed by atoms with Gasteiger partial charge in [0, 0.05) is 0 Å². The molecular weight excluding hydrogens is 104 g/mol. The summed E-state index contributed by atoms with van der Waals surface area (Å²) in [5.74, 6) is -0.194. The SMILES string of the molecule is CC(=O)C=CC(C)=O. The Morgan fingerprint density at radius 3 is 1.38 bits per heavy atom. The first kappa shape index (κ1) is 7.08. The van der Waals surface area contributed by atoms with Crippen LogP contribution >= 0.6 is 0 Å². The largest absolute Gasteiger partial charge is 0.295 e. The monoisotopic (exact) mass is 112 g/mol. The molecule has 0 aliphatic heterocycles. The van der Waals surface area contributed by atoms with Gasteiger partial charge in [-0.05, 0) is 26.0 Å². The molecule has 0 N–H and O–H groups in total. The van der Waals surface area contributed by atoms with Gasteiger partial charge in [-0.25, -0.2) is 0 Å². The number of hydrogen-bond donors (Lipinski definition) is 0. The van der Waals surface area contributed by atoms with Crippen LogP contribution in [-0.2, 0) is 9.59 Å². The maximum Gasteiger partial charge on any atom is 0.152 e. The molecular formula is C6H8O2. The Kier molecular flexibility index (Phi) is 2.77. The van der Waals surface area contributed by atoms with Crippen LogP contribution in [0.2, 0.25) is 0 Å². The van der Waals surface area contributed by atoms with Crippen molar-refractivity contribution in [2.24, 2.45) is 0 Å². The molecule has 2 heteroatoms. The molecule has 0 aliphatic carbocycles. The molecule has 0 spiro atoms. The molecule has 2 nitrogen and oxygen atoms in total. The van der Waals surface area contributed by atoms with Gasteiger partial charge in [-0.3, -0.25) is 9.59 Å². The molecule has 0 aromatic carbocycles. The second kappa shape index (κ2) is 3.13. The molecule has 8 heavy (non-hydrogen) atoms. The minimum atomic E-state index is -0.0970. The molecule has 0 saturated heterocycles. The number of carbonyl (C=O) groups is 2. The van der Waals surface area contributed by atoms with E-state index >= 15 is 0 Å². The Labute approximate surface area is 48.2 Å². The summed E-state index contributed by atoms with van der Waals surface area (Å²) in [6, 6.07) is 0. The van der Waals surface area contributed by atoms with Crippen LogP contribution in [0, 0.1) is 0 Å². The topological polar surface area (TPSA) is 34.1 Å². The Balaban J connectivity index is 3.67. The van der Waals surface area contributed by atoms with Gasteiger partial charge in [-0.1, -0.05) is 0 Å². The molecule has 0 rings (SSSR count). The number of carbonyl (C=O) groups excluding carboxylic acids is 2. The van der Waals surface area contributed by atoms with Gasteiger partial charge in [0.05, 0.1) is 0 Å². The lowest BCUT2D eigenvalue weighted by Gasteiger charge is -1.74. The molecule has 0 fully saturated rings. The van der Waals surface area contributed by atoms with Crippen LogP contribution in [0.3, 0.4) is 0 Å². The van der Waals surface area contributed by atoms with Gasteiger partial charge in [0.2, 0.25) is 0 Å². The summed E-state index contributed by atoms with van der Waals surface area (Å²) < 4.78 is 0. The maximum atomic E-state index is 10.1. The first-order valence-corrected chi connectivity index (χ1v) is 2.32. The Morgan fingerprint density at radius 2 is 1.25 bits per heavy atom. The highest BCUT2D eigenvalue weighted by atomic mass is 16.1. The highest BCUT2D eigenvalue weighted by molar-refractivity contribution is 5.96. The Hall–Kier alpha value is -0.920. The molecule has 0 radical (unpaired) electrons. The van der Waals surface area contributed by atoms with Crippen molar-refractivity contribution in [1.29, 1.82) is 0 Å². The van der Waals surface area contributed by atoms with Crippen LogP contribution in [0.4, 0.5) is 0 Å². The summed E-state index contributed by atoms with van der Waals surface area (Å²) >= 11 is 0. The maximum absolute atomic E-state index is 10.1. The van der Waals surface area contributed by atoms with Crippen molar-refractivity contribution in [3.8, 4) is 0 Å². The van der Waals surface area contributed by atoms with Crippen molar-refractivity contribution in [2.45, 2.75) is 13.8 Å². The third kappa shape index (κ3) is 5.08. The van der Waals surface area contributed by atoms with Gasteiger partial charge >= 0.3 is 0 Å². The van der Waals surface area contributed by atoms with Gasteiger partial charge in [-0.2, -0.15) is 0 Å². The van der Waals surface area contributed by atoms with Crippen molar-refractivity contribution in [3.63, 3.8) is 0 Å². The average molecular weight is 112 g/mol. The second-order valence-electron chi connectivity index (χ2n) is 1.55. The predicted octanol–water partition coefficient (Wildman–Crippen LogP) is 0.721. The summed E-state index contributed by atoms with van der Waals surface area (Å²) in [7, 11) is 0. The zero-order chi connectivity index (χ0) is 6.57. The van der Waals surface area contributed by atoms with E-state index in [0.29, 0.717) is 0 Å². The Bertz CT molecular complexity index is 117. The quantitative estimate of drug-likeness (QED) is 0.493. The normalized spacial score (nSPS) is 9.75. The van der Waals surface area contributed by atoms with E-state index in [2.05, 4.69) is 0 Å². The van der Waals surface area contributed by atoms with E-state index in [1.54, 1.807) is 0 Å². The highest BCUT2D eigenvalue weighted by Crippen LogP contribution is 1.75. The van der Waals surface area contributed by atoms with Gasteiger partial charge in [0.25, 0.3) is 0 Å². The van der Waals surface area contributed by atoms with Crippen molar-refractivity contribution >= 4 is 11.6 Å². The van der Waals surface area contributed by atoms with Crippen LogP contribution in [0.25, 0.3) is 0 Å². The summed E-state index contributed by atoms with van der Waals surface area (Å²) in [5, 5.41) is 0. The molecule has 44 valence electrons. The fourth-order valence-electron chi connectivity index (χ4n) is 0.235. The van der Waals surface area contributed by atoms with Gasteiger partial charge in [0.15, 0.2) is 11.6 Å². The van der Waals surface area contributed by atoms with Gasteiger partial charge in [-0.15, -0.1) is 0 Å². The lowest BCUT2D eigenvalue weighted by Crippen LogP contribution is -1.85. The smallest absolute Gasteiger partial charge is 0.152 e. The van der Waals surface area contributed by atoms with Crippen LogP contribution in [-0.4, -0.2) is 11.6 Å². The number of rotatable bonds is 2. The third-order valence-electron chi connectivity index (χ3n) is 0.553. The first-order valence-electron chi connectivity index (χ1n) is 2.32. The molecule has 0 heterocycles. The summed E-state index contributed by atoms with van der Waals surface area (Å²) in [6.07, 6.45) is 2.50. The van der Waals surface area contributed by atoms with Crippen molar-refractivity contribution < 1.29 is 9.59 Å². The third-order valence-corrected chi connectivity index (χ3v) is 0.553. The summed E-state index contributed by atoms with van der Waals surface area (Å²) in [6.45, 7) is 2.80. The number of allylic oxidation sites excluding steroid dienone is 2. The Morgan fingerprint density at radius 1 is 1.00 bits per heavy atom. The average Bonchev–Trinajstić information content (AvgIpc) is 1.61. The van der Waals surface area contributed by atoms with Gasteiger partial charge in [0.1, 0.15) is 0 Å². The first-order chi connectivity index (χ1) is 3.63. The molecule has 0 bridgehead atoms. The van der Waals surface area contributed by atoms with E-state index in [9.17, 15) is 9.59 Å². The molecule has 0 saturated carbocycles. The fraction of sp³-hybridized carbons (Fsp3) is 0.333. The standard InChI is InChI=1S/C6H8O2/c1-5(7)3-4-6(2)8/h3-4H,1-2H3. The van der Waals surface area contributed by atoms with Gasteiger partial charge < -0.3 is 0 Å². The summed E-state index contributed by atoms with van der Waals surface area (Å²) in [5.41, 5.74) is 0. The lowest BCUT2D eigenvalue weighted by atomic mass is 10.3. The van der Waals surface area contributed by atoms with Crippen LogP contribution in [0.1, 0.15) is 13.8 Å². The van der Waals surface area contributed by atoms with E-state index < -0.39 is 0 Å². The lowest BCUT2D eigenvalue weighted by molar-refractivity contribution is -0.114. The molecule has 0 unspecified atom stereocenters. The van der Waals surface area contributed by atoms with Crippen molar-refractivity contribution in [3.05, 3.63) is 12.2 Å². The van der Waals surface area contributed by atoms with E-state index in [0.717, 1.165) is 0 Å². The van der Waals surface area contributed by atoms with E-state index in [4.69, 9.17) is 0 Å². The predicted molar refractivity (Wildman–Crippen MR) is 30.5 cm³/mol. The molecule has 0 aromatic rings. The molecule has 0 amide bonds. The minimum Gasteiger partial charge on any atom is -0.295 e. The molecule has 0 aliphatic rings.